The number of methoxy groups -OCH3 is 1. The van der Waals surface area contributed by atoms with Crippen LogP contribution < -0.4 is 10.1 Å². The van der Waals surface area contributed by atoms with Gasteiger partial charge in [-0.3, -0.25) is 9.59 Å². The monoisotopic (exact) mass is 397 g/mol. The maximum atomic E-state index is 13.1. The molecule has 1 unspecified atom stereocenters. The lowest BCUT2D eigenvalue weighted by atomic mass is 9.65. The molecule has 4 nitrogen and oxygen atoms in total. The highest BCUT2D eigenvalue weighted by Crippen LogP contribution is 2.42. The number of carbonyl (C=O) groups is 2. The van der Waals surface area contributed by atoms with E-state index in [0.29, 0.717) is 17.9 Å². The van der Waals surface area contributed by atoms with Gasteiger partial charge in [-0.25, -0.2) is 0 Å². The quantitative estimate of drug-likeness (QED) is 0.631. The third-order valence-electron chi connectivity index (χ3n) is 5.65. The molecule has 0 aromatic heterocycles. The van der Waals surface area contributed by atoms with Gasteiger partial charge in [-0.1, -0.05) is 66.7 Å². The zero-order chi connectivity index (χ0) is 21.0. The van der Waals surface area contributed by atoms with Crippen molar-refractivity contribution in [3.05, 3.63) is 108 Å². The second-order valence-electron chi connectivity index (χ2n) is 7.41. The number of nitrogens with one attached hydrogen (secondary N) is 1. The summed E-state index contributed by atoms with van der Waals surface area (Å²) in [6, 6.07) is 27.1. The molecule has 0 bridgehead atoms. The molecule has 30 heavy (non-hydrogen) atoms. The number of hydrogen-bond donors (Lipinski definition) is 1. The zero-order valence-electron chi connectivity index (χ0n) is 16.7. The second-order valence-corrected chi connectivity index (χ2v) is 7.41. The van der Waals surface area contributed by atoms with Crippen molar-refractivity contribution >= 4 is 17.4 Å². The Kier molecular flexibility index (Phi) is 5.48. The Hall–Kier alpha value is -3.66. The van der Waals surface area contributed by atoms with E-state index in [1.807, 2.05) is 66.7 Å². The first-order chi connectivity index (χ1) is 14.6. The average molecular weight is 397 g/mol. The van der Waals surface area contributed by atoms with Gasteiger partial charge >= 0.3 is 0 Å². The van der Waals surface area contributed by atoms with Crippen molar-refractivity contribution in [3.8, 4) is 5.75 Å². The minimum absolute atomic E-state index is 0.177. The maximum Gasteiger partial charge on any atom is 0.235 e. The average Bonchev–Trinajstić information content (AvgIpc) is 2.81. The van der Waals surface area contributed by atoms with Crippen LogP contribution in [-0.4, -0.2) is 18.8 Å². The van der Waals surface area contributed by atoms with Gasteiger partial charge in [-0.05, 0) is 47.9 Å². The molecular weight excluding hydrogens is 374 g/mol. The molecule has 150 valence electrons. The number of benzene rings is 3. The molecule has 3 aromatic carbocycles. The number of ketones is 1. The van der Waals surface area contributed by atoms with Gasteiger partial charge in [-0.15, -0.1) is 0 Å². The van der Waals surface area contributed by atoms with Crippen molar-refractivity contribution in [1.82, 2.24) is 0 Å². The fourth-order valence-electron chi connectivity index (χ4n) is 4.02. The van der Waals surface area contributed by atoms with Crippen LogP contribution >= 0.6 is 0 Å². The summed E-state index contributed by atoms with van der Waals surface area (Å²) < 4.78 is 5.16. The summed E-state index contributed by atoms with van der Waals surface area (Å²) in [6.07, 6.45) is 3.87. The Balaban J connectivity index is 1.68. The predicted octanol–water partition coefficient (Wildman–Crippen LogP) is 4.77. The topological polar surface area (TPSA) is 55.4 Å². The van der Waals surface area contributed by atoms with Gasteiger partial charge in [0, 0.05) is 11.1 Å². The van der Waals surface area contributed by atoms with Gasteiger partial charge in [0.15, 0.2) is 5.78 Å². The summed E-state index contributed by atoms with van der Waals surface area (Å²) in [7, 11) is 1.59. The van der Waals surface area contributed by atoms with E-state index in [-0.39, 0.29) is 11.7 Å². The van der Waals surface area contributed by atoms with Crippen LogP contribution in [-0.2, 0) is 15.0 Å². The van der Waals surface area contributed by atoms with E-state index in [0.717, 1.165) is 11.1 Å². The molecule has 0 heterocycles. The molecule has 1 aliphatic rings. The summed E-state index contributed by atoms with van der Waals surface area (Å²) in [5.74, 6) is -0.552. The van der Waals surface area contributed by atoms with Crippen LogP contribution in [0.15, 0.2) is 97.1 Å². The molecule has 0 saturated heterocycles. The third-order valence-corrected chi connectivity index (χ3v) is 5.65. The summed E-state index contributed by atoms with van der Waals surface area (Å²) in [6.45, 7) is 0. The van der Waals surface area contributed by atoms with Crippen LogP contribution in [0.3, 0.4) is 0 Å². The number of carbonyl (C=O) groups excluding carboxylic acids is 2. The number of ether oxygens (including phenoxy) is 1. The third kappa shape index (κ3) is 3.77. The van der Waals surface area contributed by atoms with E-state index in [2.05, 4.69) is 5.32 Å². The van der Waals surface area contributed by atoms with Gasteiger partial charge in [-0.2, -0.15) is 0 Å². The number of rotatable bonds is 5. The van der Waals surface area contributed by atoms with Crippen molar-refractivity contribution < 1.29 is 14.3 Å². The number of anilines is 1. The minimum Gasteiger partial charge on any atom is -0.497 e. The highest BCUT2D eigenvalue weighted by Gasteiger charge is 2.42. The predicted molar refractivity (Wildman–Crippen MR) is 118 cm³/mol. The normalized spacial score (nSPS) is 17.4. The lowest BCUT2D eigenvalue weighted by Gasteiger charge is -2.37. The van der Waals surface area contributed by atoms with E-state index in [9.17, 15) is 9.59 Å². The molecule has 0 saturated carbocycles. The lowest BCUT2D eigenvalue weighted by molar-refractivity contribution is -0.129. The first-order valence-corrected chi connectivity index (χ1v) is 9.91. The molecule has 1 aliphatic carbocycles. The SMILES string of the molecule is COc1ccc(NC(=O)C2CC(c3ccccc3)(c3ccccc3)C=CC2=O)cc1. The summed E-state index contributed by atoms with van der Waals surface area (Å²) in [4.78, 5) is 25.8. The van der Waals surface area contributed by atoms with Gasteiger partial charge in [0.25, 0.3) is 0 Å². The van der Waals surface area contributed by atoms with Crippen molar-refractivity contribution in [2.45, 2.75) is 11.8 Å². The fourth-order valence-corrected chi connectivity index (χ4v) is 4.02. The number of allylic oxidation sites excluding steroid dienone is 2. The molecule has 1 N–H and O–H groups in total. The number of hydrogen-bond acceptors (Lipinski definition) is 3. The second kappa shape index (κ2) is 8.37. The van der Waals surface area contributed by atoms with Gasteiger partial charge in [0.2, 0.25) is 5.91 Å². The first kappa shape index (κ1) is 19.6. The molecule has 1 atom stereocenters. The molecule has 0 spiro atoms. The van der Waals surface area contributed by atoms with E-state index in [1.54, 1.807) is 37.5 Å². The molecule has 0 radical (unpaired) electrons. The summed E-state index contributed by atoms with van der Waals surface area (Å²) in [5.41, 5.74) is 2.20. The highest BCUT2D eigenvalue weighted by molar-refractivity contribution is 6.12. The standard InChI is InChI=1S/C26H23NO3/c1-30-22-14-12-21(13-15-22)27-25(29)23-18-26(17-16-24(23)28,19-8-4-2-5-9-19)20-10-6-3-7-11-20/h2-17,23H,18H2,1H3,(H,27,29). The first-order valence-electron chi connectivity index (χ1n) is 9.91. The van der Waals surface area contributed by atoms with Crippen LogP contribution in [0.25, 0.3) is 0 Å². The Labute approximate surface area is 176 Å². The minimum atomic E-state index is -0.780. The highest BCUT2D eigenvalue weighted by atomic mass is 16.5. The number of amides is 1. The van der Waals surface area contributed by atoms with Crippen LogP contribution in [0.4, 0.5) is 5.69 Å². The van der Waals surface area contributed by atoms with Crippen molar-refractivity contribution in [3.63, 3.8) is 0 Å². The lowest BCUT2D eigenvalue weighted by Crippen LogP contribution is -2.40. The van der Waals surface area contributed by atoms with E-state index in [4.69, 9.17) is 4.74 Å². The largest absolute Gasteiger partial charge is 0.497 e. The maximum absolute atomic E-state index is 13.1. The van der Waals surface area contributed by atoms with Crippen molar-refractivity contribution in [2.75, 3.05) is 12.4 Å². The Morgan fingerprint density at radius 3 is 2.00 bits per heavy atom. The molecule has 0 aliphatic heterocycles. The fraction of sp³-hybridized carbons (Fsp3) is 0.154. The molecule has 1 amide bonds. The molecular formula is C26H23NO3. The Morgan fingerprint density at radius 1 is 0.900 bits per heavy atom. The Morgan fingerprint density at radius 2 is 1.47 bits per heavy atom. The van der Waals surface area contributed by atoms with E-state index in [1.165, 1.54) is 0 Å². The van der Waals surface area contributed by atoms with Gasteiger partial charge in [0.1, 0.15) is 11.7 Å². The summed E-state index contributed by atoms with van der Waals surface area (Å²) in [5, 5.41) is 2.88. The van der Waals surface area contributed by atoms with Crippen LogP contribution in [0, 0.1) is 5.92 Å². The zero-order valence-corrected chi connectivity index (χ0v) is 16.7. The Bertz CT molecular complexity index is 1020. The van der Waals surface area contributed by atoms with E-state index < -0.39 is 11.3 Å². The van der Waals surface area contributed by atoms with Gasteiger partial charge in [0.05, 0.1) is 7.11 Å². The van der Waals surface area contributed by atoms with Gasteiger partial charge < -0.3 is 10.1 Å². The smallest absolute Gasteiger partial charge is 0.235 e. The molecule has 4 rings (SSSR count). The van der Waals surface area contributed by atoms with Crippen molar-refractivity contribution in [2.24, 2.45) is 5.92 Å². The van der Waals surface area contributed by atoms with E-state index >= 15 is 0 Å². The summed E-state index contributed by atoms with van der Waals surface area (Å²) >= 11 is 0. The van der Waals surface area contributed by atoms with Crippen LogP contribution in [0.2, 0.25) is 0 Å². The molecule has 4 heteroatoms. The molecule has 0 fully saturated rings. The van der Waals surface area contributed by atoms with Crippen LogP contribution in [0.5, 0.6) is 5.75 Å². The van der Waals surface area contributed by atoms with Crippen LogP contribution in [0.1, 0.15) is 17.5 Å². The van der Waals surface area contributed by atoms with Crippen molar-refractivity contribution in [1.29, 1.82) is 0 Å². The molecule has 3 aromatic rings.